The number of hydrogen-bond acceptors (Lipinski definition) is 5. The molecule has 2 atom stereocenters. The molecule has 0 aliphatic heterocycles. The normalized spacial score (nSPS) is 13.8. The van der Waals surface area contributed by atoms with Crippen molar-refractivity contribution in [2.24, 2.45) is 5.92 Å². The van der Waals surface area contributed by atoms with E-state index in [-0.39, 0.29) is 17.1 Å². The summed E-state index contributed by atoms with van der Waals surface area (Å²) in [6.45, 7) is 17.8. The minimum Gasteiger partial charge on any atom is -0.497 e. The highest BCUT2D eigenvalue weighted by atomic mass is 28.4. The van der Waals surface area contributed by atoms with Crippen LogP contribution in [0, 0.1) is 5.92 Å². The van der Waals surface area contributed by atoms with Crippen molar-refractivity contribution in [1.29, 1.82) is 0 Å². The minimum absolute atomic E-state index is 0.0879. The highest BCUT2D eigenvalue weighted by Gasteiger charge is 2.38. The van der Waals surface area contributed by atoms with Crippen molar-refractivity contribution in [2.45, 2.75) is 97.2 Å². The first-order valence-electron chi connectivity index (χ1n) is 15.4. The van der Waals surface area contributed by atoms with Gasteiger partial charge in [0.25, 0.3) is 0 Å². The van der Waals surface area contributed by atoms with Crippen LogP contribution >= 0.6 is 0 Å². The van der Waals surface area contributed by atoms with Crippen molar-refractivity contribution in [3.8, 4) is 16.9 Å². The van der Waals surface area contributed by atoms with Gasteiger partial charge in [0.1, 0.15) is 11.4 Å². The van der Waals surface area contributed by atoms with Crippen LogP contribution in [-0.4, -0.2) is 39.7 Å². The van der Waals surface area contributed by atoms with Crippen molar-refractivity contribution in [2.75, 3.05) is 13.7 Å². The molecule has 3 aromatic carbocycles. The number of ether oxygens (including phenoxy) is 3. The number of hydrogen-bond donors (Lipinski definition) is 0. The average molecular weight is 605 g/mol. The van der Waals surface area contributed by atoms with Gasteiger partial charge in [-0.25, -0.2) is 0 Å². The fourth-order valence-electron chi connectivity index (χ4n) is 4.62. The largest absolute Gasteiger partial charge is 0.497 e. The van der Waals surface area contributed by atoms with E-state index in [0.717, 1.165) is 17.7 Å². The molecule has 0 saturated carbocycles. The van der Waals surface area contributed by atoms with Gasteiger partial charge in [-0.3, -0.25) is 4.79 Å². The van der Waals surface area contributed by atoms with Gasteiger partial charge in [0.15, 0.2) is 8.32 Å². The molecular weight excluding hydrogens is 552 g/mol. The number of benzene rings is 3. The fraction of sp³-hybridized carbons (Fsp3) is 0.486. The lowest BCUT2D eigenvalue weighted by molar-refractivity contribution is -0.167. The molecule has 0 radical (unpaired) electrons. The van der Waals surface area contributed by atoms with Crippen LogP contribution in [0.1, 0.15) is 65.5 Å². The highest BCUT2D eigenvalue weighted by Crippen LogP contribution is 2.37. The average Bonchev–Trinajstić information content (AvgIpc) is 2.95. The molecule has 0 bridgehead atoms. The van der Waals surface area contributed by atoms with Gasteiger partial charge in [0.05, 0.1) is 25.7 Å². The van der Waals surface area contributed by atoms with Crippen molar-refractivity contribution >= 4 is 14.3 Å². The van der Waals surface area contributed by atoms with E-state index in [1.165, 1.54) is 16.7 Å². The molecular formula is C37H52O5Si. The quantitative estimate of drug-likeness (QED) is 0.136. The molecule has 0 fully saturated rings. The minimum atomic E-state index is -1.98. The summed E-state index contributed by atoms with van der Waals surface area (Å²) >= 11 is 0. The molecule has 0 spiro atoms. The highest BCUT2D eigenvalue weighted by molar-refractivity contribution is 6.74. The maximum atomic E-state index is 13.7. The summed E-state index contributed by atoms with van der Waals surface area (Å²) in [4.78, 5) is 13.7. The zero-order valence-electron chi connectivity index (χ0n) is 27.7. The zero-order chi connectivity index (χ0) is 31.7. The van der Waals surface area contributed by atoms with Crippen molar-refractivity contribution in [3.05, 3.63) is 90.0 Å². The van der Waals surface area contributed by atoms with Gasteiger partial charge in [-0.05, 0) is 92.6 Å². The lowest BCUT2D eigenvalue weighted by Gasteiger charge is -2.37. The van der Waals surface area contributed by atoms with E-state index in [4.69, 9.17) is 18.6 Å². The molecule has 0 aliphatic rings. The Morgan fingerprint density at radius 3 is 1.91 bits per heavy atom. The van der Waals surface area contributed by atoms with Gasteiger partial charge >= 0.3 is 5.97 Å². The lowest BCUT2D eigenvalue weighted by atomic mass is 9.92. The molecule has 5 nitrogen and oxygen atoms in total. The van der Waals surface area contributed by atoms with E-state index in [9.17, 15) is 4.79 Å². The van der Waals surface area contributed by atoms with Gasteiger partial charge < -0.3 is 18.6 Å². The maximum Gasteiger partial charge on any atom is 0.312 e. The third-order valence-corrected chi connectivity index (χ3v) is 12.8. The molecule has 0 amide bonds. The molecule has 3 rings (SSSR count). The van der Waals surface area contributed by atoms with Crippen LogP contribution in [0.3, 0.4) is 0 Å². The Morgan fingerprint density at radius 2 is 1.35 bits per heavy atom. The molecule has 0 heterocycles. The van der Waals surface area contributed by atoms with Crippen LogP contribution in [0.5, 0.6) is 5.75 Å². The van der Waals surface area contributed by atoms with Gasteiger partial charge in [-0.2, -0.15) is 0 Å². The van der Waals surface area contributed by atoms with Gasteiger partial charge in [0, 0.05) is 6.61 Å². The van der Waals surface area contributed by atoms with Crippen LogP contribution in [0.4, 0.5) is 0 Å². The second-order valence-corrected chi connectivity index (χ2v) is 18.6. The Kier molecular flexibility index (Phi) is 12.2. The summed E-state index contributed by atoms with van der Waals surface area (Å²) in [5.41, 5.74) is 4.02. The van der Waals surface area contributed by atoms with E-state index >= 15 is 0 Å². The Labute approximate surface area is 261 Å². The van der Waals surface area contributed by atoms with E-state index < -0.39 is 19.8 Å². The molecule has 0 aliphatic carbocycles. The van der Waals surface area contributed by atoms with Crippen molar-refractivity contribution < 1.29 is 23.4 Å². The topological polar surface area (TPSA) is 54.0 Å². The molecule has 0 N–H and O–H groups in total. The van der Waals surface area contributed by atoms with Crippen LogP contribution in [0.15, 0.2) is 78.9 Å². The van der Waals surface area contributed by atoms with Crippen LogP contribution in [0.25, 0.3) is 11.1 Å². The fourth-order valence-corrected chi connectivity index (χ4v) is 5.68. The summed E-state index contributed by atoms with van der Waals surface area (Å²) in [6, 6.07) is 26.9. The summed E-state index contributed by atoms with van der Waals surface area (Å²) in [7, 11) is -0.320. The second-order valence-electron chi connectivity index (χ2n) is 13.8. The lowest BCUT2D eigenvalue weighted by Crippen LogP contribution is -2.42. The Hall–Kier alpha value is -2.93. The predicted molar refractivity (Wildman–Crippen MR) is 179 cm³/mol. The smallest absolute Gasteiger partial charge is 0.312 e. The summed E-state index contributed by atoms with van der Waals surface area (Å²) in [6.07, 6.45) is 1.67. The number of carbonyl (C=O) groups is 1. The van der Waals surface area contributed by atoms with E-state index in [1.54, 1.807) is 7.11 Å². The maximum absolute atomic E-state index is 13.7. The second kappa shape index (κ2) is 15.2. The number of aryl methyl sites for hydroxylation is 1. The van der Waals surface area contributed by atoms with Crippen molar-refractivity contribution in [3.63, 3.8) is 0 Å². The monoisotopic (exact) mass is 604 g/mol. The van der Waals surface area contributed by atoms with Crippen LogP contribution < -0.4 is 4.74 Å². The third-order valence-electron chi connectivity index (χ3n) is 8.26. The standard InChI is InChI=1S/C37H52O5Si/c1-36(2,3)42-35(38)33(25-26-41-43(8,9)37(4,5)6)34(40-27-29-17-22-32(39-7)23-18-29)24-19-28-15-20-31(21-16-28)30-13-11-10-12-14-30/h10-18,20-23,33-34H,19,24-27H2,1-9H3. The summed E-state index contributed by atoms with van der Waals surface area (Å²) in [5, 5.41) is 0.0879. The molecule has 3 aromatic rings. The number of methoxy groups -OCH3 is 1. The Bertz CT molecular complexity index is 1260. The summed E-state index contributed by atoms with van der Waals surface area (Å²) in [5.74, 6) is 0.116. The Morgan fingerprint density at radius 1 is 0.767 bits per heavy atom. The predicted octanol–water partition coefficient (Wildman–Crippen LogP) is 9.25. The first kappa shape index (κ1) is 34.6. The SMILES string of the molecule is COc1ccc(COC(CCc2ccc(-c3ccccc3)cc2)C(CCO[Si](C)(C)C(C)(C)C)C(=O)OC(C)(C)C)cc1. The van der Waals surface area contributed by atoms with Crippen molar-refractivity contribution in [1.82, 2.24) is 0 Å². The first-order valence-corrected chi connectivity index (χ1v) is 18.3. The first-order chi connectivity index (χ1) is 20.2. The van der Waals surface area contributed by atoms with Crippen LogP contribution in [-0.2, 0) is 31.7 Å². The molecule has 2 unspecified atom stereocenters. The summed E-state index contributed by atoms with van der Waals surface area (Å²) < 4.78 is 24.4. The number of esters is 1. The van der Waals surface area contributed by atoms with Gasteiger partial charge in [-0.15, -0.1) is 0 Å². The zero-order valence-corrected chi connectivity index (χ0v) is 28.7. The number of carbonyl (C=O) groups excluding carboxylic acids is 1. The Balaban J connectivity index is 1.82. The van der Waals surface area contributed by atoms with Gasteiger partial charge in [-0.1, -0.05) is 87.5 Å². The van der Waals surface area contributed by atoms with Crippen LogP contribution in [0.2, 0.25) is 18.1 Å². The third kappa shape index (κ3) is 10.9. The molecule has 0 aromatic heterocycles. The molecule has 234 valence electrons. The molecule has 43 heavy (non-hydrogen) atoms. The van der Waals surface area contributed by atoms with Gasteiger partial charge in [0.2, 0.25) is 0 Å². The van der Waals surface area contributed by atoms with E-state index in [0.29, 0.717) is 26.1 Å². The number of rotatable bonds is 14. The molecule has 6 heteroatoms. The van der Waals surface area contributed by atoms with E-state index in [2.05, 4.69) is 82.4 Å². The van der Waals surface area contributed by atoms with E-state index in [1.807, 2.05) is 51.1 Å². The molecule has 0 saturated heterocycles.